The molecule has 0 aromatic carbocycles. The Morgan fingerprint density at radius 1 is 1.75 bits per heavy atom. The van der Waals surface area contributed by atoms with Gasteiger partial charge in [-0.2, -0.15) is 5.26 Å². The van der Waals surface area contributed by atoms with Gasteiger partial charge >= 0.3 is 0 Å². The number of H-pyrrole nitrogens is 1. The lowest BCUT2D eigenvalue weighted by Crippen LogP contribution is -2.13. The summed E-state index contributed by atoms with van der Waals surface area (Å²) in [6, 6.07) is 3.42. The number of nitrogens with one attached hydrogen (secondary N) is 1. The van der Waals surface area contributed by atoms with E-state index in [9.17, 15) is 0 Å². The van der Waals surface area contributed by atoms with Crippen LogP contribution in [0.2, 0.25) is 0 Å². The second-order valence-electron chi connectivity index (χ2n) is 2.54. The number of aromatic amines is 1. The second kappa shape index (κ2) is 3.90. The fourth-order valence-electron chi connectivity index (χ4n) is 1.07. The van der Waals surface area contributed by atoms with Gasteiger partial charge in [0.25, 0.3) is 0 Å². The lowest BCUT2D eigenvalue weighted by atomic mass is 10.1. The number of rotatable bonds is 3. The highest BCUT2D eigenvalue weighted by Crippen LogP contribution is 2.15. The predicted octanol–water partition coefficient (Wildman–Crippen LogP) is 0.269. The monoisotopic (exact) mass is 165 g/mol. The highest BCUT2D eigenvalue weighted by molar-refractivity contribution is 5.35. The number of aliphatic hydroxyl groups excluding tert-OH is 1. The second-order valence-corrected chi connectivity index (χ2v) is 2.54. The first-order chi connectivity index (χ1) is 5.79. The number of aromatic nitrogens is 1. The molecule has 4 heteroatoms. The van der Waals surface area contributed by atoms with Crippen LogP contribution in [0, 0.1) is 11.3 Å². The Hall–Kier alpha value is -1.31. The number of hydrogen-bond donors (Lipinski definition) is 3. The molecule has 0 radical (unpaired) electrons. The van der Waals surface area contributed by atoms with E-state index in [4.69, 9.17) is 16.1 Å². The van der Waals surface area contributed by atoms with E-state index in [0.717, 1.165) is 0 Å². The topological polar surface area (TPSA) is 85.8 Å². The van der Waals surface area contributed by atoms with Crippen molar-refractivity contribution in [3.63, 3.8) is 0 Å². The molecule has 1 aromatic heterocycles. The highest BCUT2D eigenvalue weighted by atomic mass is 16.3. The number of nitrogens with zero attached hydrogens (tertiary/aromatic N) is 1. The number of nitrogens with two attached hydrogens (primary N) is 1. The van der Waals surface area contributed by atoms with Crippen molar-refractivity contribution >= 4 is 0 Å². The molecule has 0 bridgehead atoms. The molecule has 0 spiro atoms. The molecule has 0 saturated heterocycles. The molecule has 1 rings (SSSR count). The Kier molecular flexibility index (Phi) is 2.86. The molecule has 0 fully saturated rings. The first-order valence-electron chi connectivity index (χ1n) is 3.73. The van der Waals surface area contributed by atoms with Gasteiger partial charge in [-0.25, -0.2) is 0 Å². The molecule has 12 heavy (non-hydrogen) atoms. The molecule has 0 amide bonds. The van der Waals surface area contributed by atoms with Crippen molar-refractivity contribution in [3.8, 4) is 6.07 Å². The molecular weight excluding hydrogens is 154 g/mol. The maximum absolute atomic E-state index is 8.64. The van der Waals surface area contributed by atoms with Crippen LogP contribution in [0.15, 0.2) is 12.3 Å². The van der Waals surface area contributed by atoms with E-state index in [0.29, 0.717) is 17.7 Å². The zero-order valence-corrected chi connectivity index (χ0v) is 6.62. The van der Waals surface area contributed by atoms with Gasteiger partial charge in [0.15, 0.2) is 0 Å². The Bertz CT molecular complexity index is 287. The highest BCUT2D eigenvalue weighted by Gasteiger charge is 2.10. The van der Waals surface area contributed by atoms with E-state index in [1.165, 1.54) is 0 Å². The van der Waals surface area contributed by atoms with Gasteiger partial charge in [-0.1, -0.05) is 0 Å². The Morgan fingerprint density at radius 2 is 2.50 bits per heavy atom. The first kappa shape index (κ1) is 8.78. The van der Waals surface area contributed by atoms with Crippen molar-refractivity contribution < 1.29 is 5.11 Å². The minimum Gasteiger partial charge on any atom is -0.396 e. The third-order valence-corrected chi connectivity index (χ3v) is 1.71. The predicted molar refractivity (Wildman–Crippen MR) is 44.1 cm³/mol. The van der Waals surface area contributed by atoms with E-state index in [1.807, 2.05) is 6.07 Å². The van der Waals surface area contributed by atoms with Crippen LogP contribution in [-0.4, -0.2) is 16.7 Å². The van der Waals surface area contributed by atoms with Gasteiger partial charge in [-0.05, 0) is 12.5 Å². The van der Waals surface area contributed by atoms with Gasteiger partial charge in [0.1, 0.15) is 6.07 Å². The molecule has 1 atom stereocenters. The van der Waals surface area contributed by atoms with Gasteiger partial charge in [-0.3, -0.25) is 0 Å². The number of nitriles is 1. The van der Waals surface area contributed by atoms with Crippen molar-refractivity contribution in [3.05, 3.63) is 23.5 Å². The fraction of sp³-hybridized carbons (Fsp3) is 0.375. The summed E-state index contributed by atoms with van der Waals surface area (Å²) in [5.74, 6) is 0. The van der Waals surface area contributed by atoms with Crippen LogP contribution in [0.25, 0.3) is 0 Å². The average Bonchev–Trinajstić information content (AvgIpc) is 2.51. The van der Waals surface area contributed by atoms with Crippen molar-refractivity contribution in [1.29, 1.82) is 5.26 Å². The quantitative estimate of drug-likeness (QED) is 0.600. The van der Waals surface area contributed by atoms with Crippen LogP contribution in [-0.2, 0) is 0 Å². The van der Waals surface area contributed by atoms with Gasteiger partial charge in [0.2, 0.25) is 0 Å². The molecule has 0 saturated carbocycles. The van der Waals surface area contributed by atoms with Crippen molar-refractivity contribution in [2.75, 3.05) is 6.61 Å². The van der Waals surface area contributed by atoms with Crippen LogP contribution in [0.4, 0.5) is 0 Å². The molecule has 4 nitrogen and oxygen atoms in total. The molecule has 0 unspecified atom stereocenters. The molecule has 64 valence electrons. The van der Waals surface area contributed by atoms with Crippen LogP contribution in [0.1, 0.15) is 23.7 Å². The van der Waals surface area contributed by atoms with E-state index >= 15 is 0 Å². The van der Waals surface area contributed by atoms with Crippen LogP contribution in [0.3, 0.4) is 0 Å². The van der Waals surface area contributed by atoms with Crippen molar-refractivity contribution in [2.24, 2.45) is 5.73 Å². The van der Waals surface area contributed by atoms with E-state index in [-0.39, 0.29) is 12.6 Å². The Labute approximate surface area is 70.6 Å². The largest absolute Gasteiger partial charge is 0.396 e. The van der Waals surface area contributed by atoms with Crippen molar-refractivity contribution in [2.45, 2.75) is 12.5 Å². The Balaban J connectivity index is 2.80. The lowest BCUT2D eigenvalue weighted by Gasteiger charge is -2.07. The van der Waals surface area contributed by atoms with Gasteiger partial charge in [0.05, 0.1) is 5.56 Å². The van der Waals surface area contributed by atoms with Crippen LogP contribution < -0.4 is 5.73 Å². The average molecular weight is 165 g/mol. The molecule has 0 aliphatic carbocycles. The molecule has 1 aromatic rings. The van der Waals surface area contributed by atoms with Gasteiger partial charge in [-0.15, -0.1) is 0 Å². The van der Waals surface area contributed by atoms with Crippen molar-refractivity contribution in [1.82, 2.24) is 4.98 Å². The summed E-state index contributed by atoms with van der Waals surface area (Å²) < 4.78 is 0. The minimum absolute atomic E-state index is 0.0328. The molecule has 0 aliphatic heterocycles. The molecule has 0 aliphatic rings. The summed E-state index contributed by atoms with van der Waals surface area (Å²) in [5, 5.41) is 17.3. The molecule has 1 heterocycles. The summed E-state index contributed by atoms with van der Waals surface area (Å²) in [6.45, 7) is 0.0328. The summed E-state index contributed by atoms with van der Waals surface area (Å²) in [7, 11) is 0. The normalized spacial score (nSPS) is 12.4. The van der Waals surface area contributed by atoms with E-state index in [1.54, 1.807) is 12.3 Å². The van der Waals surface area contributed by atoms with Gasteiger partial charge < -0.3 is 15.8 Å². The summed E-state index contributed by atoms with van der Waals surface area (Å²) >= 11 is 0. The molecular formula is C8H11N3O. The fourth-order valence-corrected chi connectivity index (χ4v) is 1.07. The summed E-state index contributed by atoms with van der Waals surface area (Å²) in [6.07, 6.45) is 2.14. The minimum atomic E-state index is -0.278. The standard InChI is InChI=1S/C8H11N3O/c9-5-6-1-3-11-8(6)7(10)2-4-12/h1,3,7,11-12H,2,4,10H2/t7-/m1/s1. The lowest BCUT2D eigenvalue weighted by molar-refractivity contribution is 0.275. The third-order valence-electron chi connectivity index (χ3n) is 1.71. The number of aliphatic hydroxyl groups is 1. The van der Waals surface area contributed by atoms with Crippen LogP contribution >= 0.6 is 0 Å². The zero-order chi connectivity index (χ0) is 8.97. The first-order valence-corrected chi connectivity index (χ1v) is 3.73. The molecule has 4 N–H and O–H groups in total. The van der Waals surface area contributed by atoms with E-state index < -0.39 is 0 Å². The maximum Gasteiger partial charge on any atom is 0.101 e. The summed E-state index contributed by atoms with van der Waals surface area (Å²) in [4.78, 5) is 2.88. The smallest absolute Gasteiger partial charge is 0.101 e. The van der Waals surface area contributed by atoms with E-state index in [2.05, 4.69) is 4.98 Å². The maximum atomic E-state index is 8.64. The van der Waals surface area contributed by atoms with Gasteiger partial charge in [0, 0.05) is 24.5 Å². The number of hydrogen-bond acceptors (Lipinski definition) is 3. The van der Waals surface area contributed by atoms with Crippen LogP contribution in [0.5, 0.6) is 0 Å². The zero-order valence-electron chi connectivity index (χ0n) is 6.62. The summed E-state index contributed by atoms with van der Waals surface area (Å²) in [5.41, 5.74) is 6.94. The third kappa shape index (κ3) is 1.64. The Morgan fingerprint density at radius 3 is 3.08 bits per heavy atom. The SMILES string of the molecule is N#Cc1cc[nH]c1[C@H](N)CCO.